The van der Waals surface area contributed by atoms with E-state index in [1.54, 1.807) is 18.3 Å². The molecule has 0 N–H and O–H groups in total. The van der Waals surface area contributed by atoms with Gasteiger partial charge in [0.2, 0.25) is 0 Å². The number of alkyl halides is 3. The zero-order valence-corrected chi connectivity index (χ0v) is 15.8. The van der Waals surface area contributed by atoms with E-state index in [2.05, 4.69) is 24.6 Å². The Kier molecular flexibility index (Phi) is 5.19. The van der Waals surface area contributed by atoms with Crippen LogP contribution >= 0.6 is 0 Å². The largest absolute Gasteiger partial charge is 0.573 e. The van der Waals surface area contributed by atoms with Crippen LogP contribution in [0.25, 0.3) is 11.3 Å². The molecule has 150 valence electrons. The smallest absolute Gasteiger partial charge is 0.406 e. The van der Waals surface area contributed by atoms with Crippen LogP contribution in [0.4, 0.5) is 13.2 Å². The number of fused-ring (bicyclic) bond motifs is 1. The quantitative estimate of drug-likeness (QED) is 0.654. The highest BCUT2D eigenvalue weighted by Crippen LogP contribution is 2.26. The van der Waals surface area contributed by atoms with Gasteiger partial charge in [-0.3, -0.25) is 9.88 Å². The van der Waals surface area contributed by atoms with E-state index in [0.717, 1.165) is 54.3 Å². The van der Waals surface area contributed by atoms with Crippen molar-refractivity contribution in [2.24, 2.45) is 0 Å². The molecule has 0 saturated carbocycles. The highest BCUT2D eigenvalue weighted by molar-refractivity contribution is 5.60. The summed E-state index contributed by atoms with van der Waals surface area (Å²) in [6.07, 6.45) is -0.0914. The Balaban J connectivity index is 1.40. The number of benzene rings is 1. The second-order valence-corrected chi connectivity index (χ2v) is 6.97. The molecule has 29 heavy (non-hydrogen) atoms. The standard InChI is InChI=1S/C21H19F3N4O/c1-14-25-11-17-13-28(9-8-20(17)27-14)12-15-2-7-19(26-10-15)16-3-5-18(6-4-16)29-21(22,23)24/h2-7,10-11H,8-9,12-13H2,1H3. The van der Waals surface area contributed by atoms with Gasteiger partial charge in [0.1, 0.15) is 11.6 Å². The zero-order chi connectivity index (χ0) is 20.4. The first-order valence-corrected chi connectivity index (χ1v) is 9.20. The van der Waals surface area contributed by atoms with E-state index in [1.807, 2.05) is 25.3 Å². The Morgan fingerprint density at radius 3 is 2.52 bits per heavy atom. The van der Waals surface area contributed by atoms with Gasteiger partial charge in [0.25, 0.3) is 0 Å². The number of aromatic nitrogens is 3. The van der Waals surface area contributed by atoms with Crippen LogP contribution in [0, 0.1) is 6.92 Å². The average Bonchev–Trinajstić information content (AvgIpc) is 2.68. The van der Waals surface area contributed by atoms with Crippen LogP contribution in [0.15, 0.2) is 48.8 Å². The number of ether oxygens (including phenoxy) is 1. The molecule has 0 aliphatic carbocycles. The molecule has 8 heteroatoms. The van der Waals surface area contributed by atoms with Crippen molar-refractivity contribution in [3.8, 4) is 17.0 Å². The number of nitrogens with zero attached hydrogens (tertiary/aromatic N) is 4. The van der Waals surface area contributed by atoms with Crippen LogP contribution in [0.5, 0.6) is 5.75 Å². The van der Waals surface area contributed by atoms with Gasteiger partial charge in [-0.2, -0.15) is 0 Å². The third kappa shape index (κ3) is 4.89. The normalized spacial score (nSPS) is 14.5. The Morgan fingerprint density at radius 1 is 1.03 bits per heavy atom. The third-order valence-electron chi connectivity index (χ3n) is 4.75. The summed E-state index contributed by atoms with van der Waals surface area (Å²) in [6.45, 7) is 4.39. The Labute approximate surface area is 166 Å². The van der Waals surface area contributed by atoms with Gasteiger partial charge in [-0.1, -0.05) is 6.07 Å². The number of halogens is 3. The van der Waals surface area contributed by atoms with E-state index in [4.69, 9.17) is 0 Å². The number of rotatable bonds is 4. The molecule has 3 aromatic rings. The van der Waals surface area contributed by atoms with Gasteiger partial charge >= 0.3 is 6.36 Å². The molecule has 1 aliphatic rings. The highest BCUT2D eigenvalue weighted by Gasteiger charge is 2.31. The van der Waals surface area contributed by atoms with Gasteiger partial charge in [-0.05, 0) is 42.8 Å². The maximum atomic E-state index is 12.3. The lowest BCUT2D eigenvalue weighted by molar-refractivity contribution is -0.274. The molecule has 0 atom stereocenters. The van der Waals surface area contributed by atoms with Crippen molar-refractivity contribution in [2.45, 2.75) is 32.8 Å². The fourth-order valence-electron chi connectivity index (χ4n) is 3.38. The average molecular weight is 400 g/mol. The minimum absolute atomic E-state index is 0.248. The second-order valence-electron chi connectivity index (χ2n) is 6.97. The minimum Gasteiger partial charge on any atom is -0.406 e. The molecule has 0 amide bonds. The summed E-state index contributed by atoms with van der Waals surface area (Å²) in [5, 5.41) is 0. The lowest BCUT2D eigenvalue weighted by atomic mass is 10.1. The Morgan fingerprint density at radius 2 is 1.83 bits per heavy atom. The topological polar surface area (TPSA) is 51.1 Å². The fraction of sp³-hybridized carbons (Fsp3) is 0.286. The predicted molar refractivity (Wildman–Crippen MR) is 101 cm³/mol. The Bertz CT molecular complexity index is 988. The first-order chi connectivity index (χ1) is 13.9. The number of aryl methyl sites for hydroxylation is 1. The maximum Gasteiger partial charge on any atom is 0.573 e. The molecule has 5 nitrogen and oxygen atoms in total. The third-order valence-corrected chi connectivity index (χ3v) is 4.75. The summed E-state index contributed by atoms with van der Waals surface area (Å²) in [4.78, 5) is 15.6. The van der Waals surface area contributed by atoms with Crippen molar-refractivity contribution < 1.29 is 17.9 Å². The van der Waals surface area contributed by atoms with Crippen LogP contribution in [0.1, 0.15) is 22.6 Å². The van der Waals surface area contributed by atoms with E-state index < -0.39 is 6.36 Å². The lowest BCUT2D eigenvalue weighted by Gasteiger charge is -2.27. The highest BCUT2D eigenvalue weighted by atomic mass is 19.4. The molecule has 2 aromatic heterocycles. The van der Waals surface area contributed by atoms with Gasteiger partial charge in [-0.25, -0.2) is 9.97 Å². The predicted octanol–water partition coefficient (Wildman–Crippen LogP) is 4.30. The fourth-order valence-corrected chi connectivity index (χ4v) is 3.38. The molecular weight excluding hydrogens is 381 g/mol. The van der Waals surface area contributed by atoms with Gasteiger partial charge in [0.05, 0.1) is 5.69 Å². The summed E-state index contributed by atoms with van der Waals surface area (Å²) in [5.74, 6) is 0.553. The number of hydrogen-bond acceptors (Lipinski definition) is 5. The maximum absolute atomic E-state index is 12.3. The second kappa shape index (κ2) is 7.79. The number of pyridine rings is 1. The summed E-state index contributed by atoms with van der Waals surface area (Å²) >= 11 is 0. The van der Waals surface area contributed by atoms with E-state index in [9.17, 15) is 13.2 Å². The molecule has 0 fully saturated rings. The van der Waals surface area contributed by atoms with Crippen LogP contribution in [-0.4, -0.2) is 32.8 Å². The summed E-state index contributed by atoms with van der Waals surface area (Å²) in [6, 6.07) is 9.56. The Hall–Kier alpha value is -3.00. The minimum atomic E-state index is -4.69. The van der Waals surface area contributed by atoms with Gasteiger partial charge in [0, 0.05) is 55.3 Å². The zero-order valence-electron chi connectivity index (χ0n) is 15.8. The monoisotopic (exact) mass is 400 g/mol. The molecule has 0 unspecified atom stereocenters. The van der Waals surface area contributed by atoms with Gasteiger partial charge in [-0.15, -0.1) is 13.2 Å². The molecule has 0 bridgehead atoms. The molecule has 0 radical (unpaired) electrons. The van der Waals surface area contributed by atoms with Crippen molar-refractivity contribution >= 4 is 0 Å². The van der Waals surface area contributed by atoms with Crippen molar-refractivity contribution in [2.75, 3.05) is 6.54 Å². The first-order valence-electron chi connectivity index (χ1n) is 9.20. The summed E-state index contributed by atoms with van der Waals surface area (Å²) < 4.78 is 40.7. The van der Waals surface area contributed by atoms with Crippen molar-refractivity contribution in [3.63, 3.8) is 0 Å². The summed E-state index contributed by atoms with van der Waals surface area (Å²) in [7, 11) is 0. The molecule has 3 heterocycles. The molecular formula is C21H19F3N4O. The molecule has 4 rings (SSSR count). The van der Waals surface area contributed by atoms with Crippen LogP contribution in [0.2, 0.25) is 0 Å². The van der Waals surface area contributed by atoms with E-state index >= 15 is 0 Å². The van der Waals surface area contributed by atoms with Crippen LogP contribution in [-0.2, 0) is 19.5 Å². The van der Waals surface area contributed by atoms with E-state index in [-0.39, 0.29) is 5.75 Å². The van der Waals surface area contributed by atoms with E-state index in [1.165, 1.54) is 12.1 Å². The van der Waals surface area contributed by atoms with Crippen LogP contribution < -0.4 is 4.74 Å². The van der Waals surface area contributed by atoms with E-state index in [0.29, 0.717) is 5.69 Å². The lowest BCUT2D eigenvalue weighted by Crippen LogP contribution is -2.31. The molecule has 1 aromatic carbocycles. The molecule has 0 saturated heterocycles. The van der Waals surface area contributed by atoms with Gasteiger partial charge in [0.15, 0.2) is 0 Å². The van der Waals surface area contributed by atoms with Crippen LogP contribution in [0.3, 0.4) is 0 Å². The van der Waals surface area contributed by atoms with Crippen molar-refractivity contribution in [3.05, 3.63) is 71.4 Å². The summed E-state index contributed by atoms with van der Waals surface area (Å²) in [5.41, 5.74) is 4.78. The number of hydrogen-bond donors (Lipinski definition) is 0. The van der Waals surface area contributed by atoms with Crippen molar-refractivity contribution in [1.82, 2.24) is 19.9 Å². The molecule has 0 spiro atoms. The molecule has 1 aliphatic heterocycles. The van der Waals surface area contributed by atoms with Gasteiger partial charge < -0.3 is 4.74 Å². The SMILES string of the molecule is Cc1ncc2c(n1)CCN(Cc1ccc(-c3ccc(OC(F)(F)F)cc3)nc1)C2. The van der Waals surface area contributed by atoms with Crippen molar-refractivity contribution in [1.29, 1.82) is 0 Å². The first kappa shape index (κ1) is 19.3.